The number of nitrogens with zero attached hydrogens (tertiary/aromatic N) is 6. The topological polar surface area (TPSA) is 50.7 Å². The lowest BCUT2D eigenvalue weighted by Crippen LogP contribution is -2.47. The van der Waals surface area contributed by atoms with Gasteiger partial charge in [0.1, 0.15) is 0 Å². The summed E-state index contributed by atoms with van der Waals surface area (Å²) in [6.45, 7) is 6.78. The van der Waals surface area contributed by atoms with Crippen LogP contribution in [0, 0.1) is 4.77 Å². The zero-order valence-electron chi connectivity index (χ0n) is 17.9. The van der Waals surface area contributed by atoms with Gasteiger partial charge in [0.25, 0.3) is 5.56 Å². The van der Waals surface area contributed by atoms with E-state index in [1.54, 1.807) is 4.57 Å². The number of aromatic nitrogens is 4. The van der Waals surface area contributed by atoms with E-state index in [-0.39, 0.29) is 5.56 Å². The van der Waals surface area contributed by atoms with Gasteiger partial charge in [0.05, 0.1) is 28.3 Å². The molecule has 5 rings (SSSR count). The molecule has 0 aliphatic carbocycles. The Morgan fingerprint density at radius 1 is 1.03 bits per heavy atom. The van der Waals surface area contributed by atoms with Gasteiger partial charge in [0, 0.05) is 32.7 Å². The van der Waals surface area contributed by atoms with Crippen LogP contribution in [0.1, 0.15) is 13.3 Å². The maximum Gasteiger partial charge on any atom is 0.262 e. The van der Waals surface area contributed by atoms with E-state index in [1.807, 2.05) is 51.5 Å². The van der Waals surface area contributed by atoms with Crippen LogP contribution >= 0.6 is 23.8 Å². The van der Waals surface area contributed by atoms with E-state index in [2.05, 4.69) is 22.8 Å². The second-order valence-electron chi connectivity index (χ2n) is 8.09. The summed E-state index contributed by atoms with van der Waals surface area (Å²) >= 11 is 12.2. The highest BCUT2D eigenvalue weighted by molar-refractivity contribution is 7.71. The third-order valence-corrected chi connectivity index (χ3v) is 6.74. The second-order valence-corrected chi connectivity index (χ2v) is 8.86. The van der Waals surface area contributed by atoms with Crippen LogP contribution in [0.5, 0.6) is 0 Å². The molecular formula is C23H25ClN6OS. The van der Waals surface area contributed by atoms with Crippen molar-refractivity contribution in [1.82, 2.24) is 23.6 Å². The Bertz CT molecular complexity index is 1400. The number of halogens is 1. The summed E-state index contributed by atoms with van der Waals surface area (Å²) in [6.07, 6.45) is 0.845. The van der Waals surface area contributed by atoms with Crippen molar-refractivity contribution in [2.75, 3.05) is 31.1 Å². The van der Waals surface area contributed by atoms with E-state index in [0.29, 0.717) is 29.1 Å². The van der Waals surface area contributed by atoms with E-state index in [9.17, 15) is 4.79 Å². The fourth-order valence-corrected chi connectivity index (χ4v) is 4.95. The van der Waals surface area contributed by atoms with Crippen molar-refractivity contribution in [1.29, 1.82) is 0 Å². The number of hydrogen-bond acceptors (Lipinski definition) is 5. The first-order valence-corrected chi connectivity index (χ1v) is 11.7. The Morgan fingerprint density at radius 2 is 1.75 bits per heavy atom. The molecule has 4 aromatic rings. The maximum absolute atomic E-state index is 13.1. The van der Waals surface area contributed by atoms with Crippen molar-refractivity contribution in [3.05, 3.63) is 68.7 Å². The normalized spacial score (nSPS) is 15.1. The molecule has 7 nitrogen and oxygen atoms in total. The van der Waals surface area contributed by atoms with Gasteiger partial charge < -0.3 is 4.90 Å². The standard InChI is InChI=1S/C23H25ClN6OS/c1-2-11-28-21(31)17-7-3-5-9-19(17)30-22(28)25-29(23(30)32)16-26-12-14-27(15-13-26)20-10-6-4-8-18(20)24/h3-10H,2,11-16H2,1H3. The molecule has 0 bridgehead atoms. The molecule has 0 N–H and O–H groups in total. The molecule has 0 radical (unpaired) electrons. The number of piperazine rings is 1. The lowest BCUT2D eigenvalue weighted by molar-refractivity contribution is 0.194. The number of fused-ring (bicyclic) bond motifs is 3. The van der Waals surface area contributed by atoms with Crippen molar-refractivity contribution in [3.8, 4) is 0 Å². The highest BCUT2D eigenvalue weighted by Crippen LogP contribution is 2.26. The molecular weight excluding hydrogens is 444 g/mol. The van der Waals surface area contributed by atoms with Crippen LogP contribution in [0.3, 0.4) is 0 Å². The maximum atomic E-state index is 13.1. The van der Waals surface area contributed by atoms with Gasteiger partial charge in [-0.15, -0.1) is 5.10 Å². The minimum atomic E-state index is -0.0181. The molecule has 0 atom stereocenters. The van der Waals surface area contributed by atoms with E-state index < -0.39 is 0 Å². The van der Waals surface area contributed by atoms with Crippen molar-refractivity contribution in [2.45, 2.75) is 26.6 Å². The molecule has 0 amide bonds. The minimum Gasteiger partial charge on any atom is -0.368 e. The Hall–Kier alpha value is -2.68. The van der Waals surface area contributed by atoms with Gasteiger partial charge >= 0.3 is 0 Å². The zero-order chi connectivity index (χ0) is 22.2. The Labute approximate surface area is 196 Å². The molecule has 3 heterocycles. The number of hydrogen-bond donors (Lipinski definition) is 0. The second kappa shape index (κ2) is 8.69. The molecule has 166 valence electrons. The molecule has 0 unspecified atom stereocenters. The van der Waals surface area contributed by atoms with Crippen LogP contribution < -0.4 is 10.5 Å². The average Bonchev–Trinajstić information content (AvgIpc) is 3.13. The van der Waals surface area contributed by atoms with Crippen molar-refractivity contribution < 1.29 is 0 Å². The molecule has 1 fully saturated rings. The van der Waals surface area contributed by atoms with E-state index >= 15 is 0 Å². The number of anilines is 1. The molecule has 2 aromatic heterocycles. The fraction of sp³-hybridized carbons (Fsp3) is 0.348. The number of rotatable bonds is 5. The average molecular weight is 469 g/mol. The van der Waals surface area contributed by atoms with Gasteiger partial charge in [-0.05, 0) is 42.9 Å². The molecule has 1 saturated heterocycles. The predicted octanol–water partition coefficient (Wildman–Crippen LogP) is 4.02. The summed E-state index contributed by atoms with van der Waals surface area (Å²) in [6, 6.07) is 15.6. The van der Waals surface area contributed by atoms with Crippen LogP contribution in [0.4, 0.5) is 5.69 Å². The summed E-state index contributed by atoms with van der Waals surface area (Å²) in [4.78, 5) is 17.7. The molecule has 1 aliphatic heterocycles. The third kappa shape index (κ3) is 3.62. The first kappa shape index (κ1) is 21.2. The Morgan fingerprint density at radius 3 is 2.50 bits per heavy atom. The summed E-state index contributed by atoms with van der Waals surface area (Å²) in [5.41, 5.74) is 1.86. The van der Waals surface area contributed by atoms with E-state index in [4.69, 9.17) is 28.9 Å². The highest BCUT2D eigenvalue weighted by atomic mass is 35.5. The number of para-hydroxylation sites is 2. The summed E-state index contributed by atoms with van der Waals surface area (Å²) in [7, 11) is 0. The van der Waals surface area contributed by atoms with Crippen molar-refractivity contribution in [3.63, 3.8) is 0 Å². The quantitative estimate of drug-likeness (QED) is 0.414. The molecule has 0 saturated carbocycles. The van der Waals surface area contributed by atoms with Crippen LogP contribution in [-0.2, 0) is 13.2 Å². The third-order valence-electron chi connectivity index (χ3n) is 6.03. The van der Waals surface area contributed by atoms with Gasteiger partial charge in [-0.1, -0.05) is 42.8 Å². The number of aryl methyl sites for hydroxylation is 1. The lowest BCUT2D eigenvalue weighted by Gasteiger charge is -2.36. The summed E-state index contributed by atoms with van der Waals surface area (Å²) in [5.74, 6) is 0.607. The Balaban J connectivity index is 1.46. The van der Waals surface area contributed by atoms with Gasteiger partial charge in [-0.3, -0.25) is 18.7 Å². The lowest BCUT2D eigenvalue weighted by atomic mass is 10.2. The van der Waals surface area contributed by atoms with Gasteiger partial charge in [0.15, 0.2) is 0 Å². The zero-order valence-corrected chi connectivity index (χ0v) is 19.5. The summed E-state index contributed by atoms with van der Waals surface area (Å²) in [5, 5.41) is 6.24. The highest BCUT2D eigenvalue weighted by Gasteiger charge is 2.21. The smallest absolute Gasteiger partial charge is 0.262 e. The predicted molar refractivity (Wildman–Crippen MR) is 131 cm³/mol. The minimum absolute atomic E-state index is 0.0181. The van der Waals surface area contributed by atoms with Crippen LogP contribution in [0.15, 0.2) is 53.3 Å². The first-order valence-electron chi connectivity index (χ1n) is 10.9. The fourth-order valence-electron chi connectivity index (χ4n) is 4.41. The van der Waals surface area contributed by atoms with Crippen LogP contribution in [-0.4, -0.2) is 49.8 Å². The van der Waals surface area contributed by atoms with Gasteiger partial charge in [-0.2, -0.15) is 0 Å². The van der Waals surface area contributed by atoms with Crippen LogP contribution in [0.25, 0.3) is 16.7 Å². The van der Waals surface area contributed by atoms with Gasteiger partial charge in [-0.25, -0.2) is 4.68 Å². The monoisotopic (exact) mass is 468 g/mol. The first-order chi connectivity index (χ1) is 15.6. The van der Waals surface area contributed by atoms with Crippen molar-refractivity contribution >= 4 is 46.2 Å². The number of benzene rings is 2. The van der Waals surface area contributed by atoms with Crippen LogP contribution in [0.2, 0.25) is 5.02 Å². The van der Waals surface area contributed by atoms with E-state index in [0.717, 1.165) is 48.8 Å². The van der Waals surface area contributed by atoms with E-state index in [1.165, 1.54) is 0 Å². The van der Waals surface area contributed by atoms with Gasteiger partial charge in [0.2, 0.25) is 10.5 Å². The largest absolute Gasteiger partial charge is 0.368 e. The SMILES string of the molecule is CCCn1c(=O)c2ccccc2n2c(=S)n(CN3CCN(c4ccccc4Cl)CC3)nc12. The summed E-state index contributed by atoms with van der Waals surface area (Å²) < 4.78 is 6.12. The molecule has 2 aromatic carbocycles. The molecule has 32 heavy (non-hydrogen) atoms. The van der Waals surface area contributed by atoms with Crippen molar-refractivity contribution in [2.24, 2.45) is 0 Å². The molecule has 1 aliphatic rings. The molecule has 9 heteroatoms. The Kier molecular flexibility index (Phi) is 5.75. The molecule has 0 spiro atoms.